The Labute approximate surface area is 262 Å². The highest BCUT2D eigenvalue weighted by Crippen LogP contribution is 2.28. The van der Waals surface area contributed by atoms with Gasteiger partial charge in [-0.15, -0.1) is 5.10 Å². The summed E-state index contributed by atoms with van der Waals surface area (Å²) in [4.78, 5) is 37.2. The van der Waals surface area contributed by atoms with Crippen molar-refractivity contribution in [3.8, 4) is 0 Å². The van der Waals surface area contributed by atoms with E-state index >= 15 is 0 Å². The second kappa shape index (κ2) is 20.6. The van der Waals surface area contributed by atoms with Crippen LogP contribution in [0.15, 0.2) is 6.20 Å². The van der Waals surface area contributed by atoms with Gasteiger partial charge >= 0.3 is 11.9 Å². The highest BCUT2D eigenvalue weighted by molar-refractivity contribution is 7.99. The minimum absolute atomic E-state index is 0.00635. The number of aliphatic hydroxyl groups excluding tert-OH is 4. The average molecular weight is 648 g/mol. The van der Waals surface area contributed by atoms with Crippen LogP contribution in [0.5, 0.6) is 0 Å². The van der Waals surface area contributed by atoms with Crippen LogP contribution < -0.4 is 11.1 Å². The van der Waals surface area contributed by atoms with Crippen LogP contribution in [0.2, 0.25) is 0 Å². The zero-order chi connectivity index (χ0) is 32.5. The molecule has 0 aliphatic carbocycles. The molecule has 44 heavy (non-hydrogen) atoms. The number of aliphatic hydroxyl groups is 4. The average Bonchev–Trinajstić information content (AvgIpc) is 3.47. The van der Waals surface area contributed by atoms with E-state index in [2.05, 4.69) is 29.5 Å². The van der Waals surface area contributed by atoms with E-state index in [1.807, 2.05) is 0 Å². The maximum atomic E-state index is 12.7. The molecule has 0 bridgehead atoms. The molecule has 5 unspecified atom stereocenters. The second-order valence-electron chi connectivity index (χ2n) is 10.9. The fraction of sp³-hybridized carbons (Fsp3) is 0.821. The molecular formula is C28H49N5O10S. The number of aromatic nitrogens is 3. The summed E-state index contributed by atoms with van der Waals surface area (Å²) in [5.41, 5.74) is 6.06. The van der Waals surface area contributed by atoms with Gasteiger partial charge in [0.2, 0.25) is 5.91 Å². The van der Waals surface area contributed by atoms with Gasteiger partial charge in [-0.1, -0.05) is 57.6 Å². The maximum Gasteiger partial charge on any atom is 0.306 e. The van der Waals surface area contributed by atoms with Crippen LogP contribution in [0, 0.1) is 0 Å². The minimum Gasteiger partial charge on any atom is -0.462 e. The van der Waals surface area contributed by atoms with Crippen molar-refractivity contribution in [1.29, 1.82) is 0 Å². The van der Waals surface area contributed by atoms with E-state index in [0.717, 1.165) is 56.0 Å². The molecule has 0 spiro atoms. The van der Waals surface area contributed by atoms with Crippen molar-refractivity contribution in [2.45, 2.75) is 121 Å². The van der Waals surface area contributed by atoms with Crippen LogP contribution in [-0.2, 0) is 28.6 Å². The molecule has 1 aromatic rings. The number of amides is 1. The third-order valence-corrected chi connectivity index (χ3v) is 8.23. The molecule has 2 rings (SSSR count). The largest absolute Gasteiger partial charge is 0.462 e. The molecule has 1 fully saturated rings. The number of ether oxygens (including phenoxy) is 3. The minimum atomic E-state index is -1.60. The molecule has 0 saturated carbocycles. The molecule has 2 heterocycles. The highest BCUT2D eigenvalue weighted by atomic mass is 32.2. The Morgan fingerprint density at radius 2 is 1.66 bits per heavy atom. The maximum absolute atomic E-state index is 12.7. The molecule has 7 N–H and O–H groups in total. The van der Waals surface area contributed by atoms with E-state index in [1.54, 1.807) is 0 Å². The number of nitrogens with zero attached hydrogens (tertiary/aromatic N) is 3. The van der Waals surface area contributed by atoms with E-state index in [9.17, 15) is 34.8 Å². The Balaban J connectivity index is 1.86. The predicted molar refractivity (Wildman–Crippen MR) is 161 cm³/mol. The van der Waals surface area contributed by atoms with Crippen LogP contribution >= 0.6 is 11.8 Å². The van der Waals surface area contributed by atoms with Crippen molar-refractivity contribution in [1.82, 2.24) is 15.0 Å². The fourth-order valence-corrected chi connectivity index (χ4v) is 5.36. The number of thioether (sulfide) groups is 1. The summed E-state index contributed by atoms with van der Waals surface area (Å²) < 4.78 is 17.4. The first-order chi connectivity index (χ1) is 21.1. The van der Waals surface area contributed by atoms with E-state index in [4.69, 9.17) is 19.9 Å². The number of esters is 2. The molecule has 15 nitrogen and oxygen atoms in total. The molecule has 7 atom stereocenters. The Bertz CT molecular complexity index is 1000. The molecular weight excluding hydrogens is 598 g/mol. The van der Waals surface area contributed by atoms with Crippen molar-refractivity contribution in [3.63, 3.8) is 0 Å². The lowest BCUT2D eigenvalue weighted by atomic mass is 9.98. The van der Waals surface area contributed by atoms with Crippen molar-refractivity contribution < 1.29 is 49.0 Å². The molecule has 0 aromatic carbocycles. The van der Waals surface area contributed by atoms with Crippen LogP contribution in [0.3, 0.4) is 0 Å². The lowest BCUT2D eigenvalue weighted by Gasteiger charge is -2.39. The summed E-state index contributed by atoms with van der Waals surface area (Å²) in [6, 6.07) is -0.982. The monoisotopic (exact) mass is 647 g/mol. The van der Waals surface area contributed by atoms with Gasteiger partial charge in [0, 0.05) is 24.3 Å². The summed E-state index contributed by atoms with van der Waals surface area (Å²) in [7, 11) is 0. The van der Waals surface area contributed by atoms with Crippen LogP contribution in [-0.4, -0.2) is 115 Å². The number of hydrogen-bond donors (Lipinski definition) is 6. The lowest BCUT2D eigenvalue weighted by Crippen LogP contribution is -2.56. The fourth-order valence-electron chi connectivity index (χ4n) is 4.39. The topological polar surface area (TPSA) is 229 Å². The number of hydrogen-bond acceptors (Lipinski definition) is 14. The van der Waals surface area contributed by atoms with Gasteiger partial charge in [-0.05, 0) is 12.8 Å². The van der Waals surface area contributed by atoms with Crippen molar-refractivity contribution in [2.24, 2.45) is 5.73 Å². The number of nitrogens with two attached hydrogens (primary N) is 1. The third-order valence-electron chi connectivity index (χ3n) is 7.02. The predicted octanol–water partition coefficient (Wildman–Crippen LogP) is 0.645. The standard InChI is InChI=1S/C28H49N5O10S/c1-3-5-7-9-11-22(35)41-15-18(42-23(36)12-10-8-6-4-2)16-44-17-19(29)27(40)30-21-13-33(32-31-21)28-26(39)25(38)24(37)20(14-34)43-28/h13,18-20,24-26,28,34,37-39H,3-12,14-17,29H2,1-2H3,(H,30,40)/t18-,19-,20?,24?,25?,26?,28?/m1/s1. The summed E-state index contributed by atoms with van der Waals surface area (Å²) in [5.74, 6) is -0.882. The van der Waals surface area contributed by atoms with E-state index in [0.29, 0.717) is 6.42 Å². The van der Waals surface area contributed by atoms with Crippen LogP contribution in [0.4, 0.5) is 5.82 Å². The summed E-state index contributed by atoms with van der Waals surface area (Å²) in [6.07, 6.45) is 1.55. The molecule has 252 valence electrons. The smallest absolute Gasteiger partial charge is 0.306 e. The molecule has 1 amide bonds. The van der Waals surface area contributed by atoms with E-state index < -0.39 is 55.3 Å². The first-order valence-corrected chi connectivity index (χ1v) is 16.5. The Morgan fingerprint density at radius 1 is 1.00 bits per heavy atom. The lowest BCUT2D eigenvalue weighted by molar-refractivity contribution is -0.254. The van der Waals surface area contributed by atoms with E-state index in [-0.39, 0.29) is 42.3 Å². The number of nitrogens with one attached hydrogen (secondary N) is 1. The Hall–Kier alpha value is -2.34. The molecule has 0 radical (unpaired) electrons. The summed E-state index contributed by atoms with van der Waals surface area (Å²) in [6.45, 7) is 3.49. The van der Waals surface area contributed by atoms with E-state index in [1.165, 1.54) is 18.0 Å². The number of carbonyl (C=O) groups is 3. The van der Waals surface area contributed by atoms with Gasteiger partial charge in [0.1, 0.15) is 37.1 Å². The Kier molecular flexibility index (Phi) is 17.8. The zero-order valence-corrected chi connectivity index (χ0v) is 26.4. The van der Waals surface area contributed by atoms with Crippen LogP contribution in [0.25, 0.3) is 0 Å². The number of unbranched alkanes of at least 4 members (excludes halogenated alkanes) is 6. The first kappa shape index (κ1) is 37.8. The first-order valence-electron chi connectivity index (χ1n) is 15.3. The normalized spacial score (nSPS) is 23.1. The number of rotatable bonds is 21. The van der Waals surface area contributed by atoms with Gasteiger partial charge in [-0.25, -0.2) is 4.68 Å². The Morgan fingerprint density at radius 3 is 2.30 bits per heavy atom. The zero-order valence-electron chi connectivity index (χ0n) is 25.6. The highest BCUT2D eigenvalue weighted by Gasteiger charge is 2.44. The third kappa shape index (κ3) is 12.9. The number of carbonyl (C=O) groups excluding carboxylic acids is 3. The molecule has 1 aliphatic heterocycles. The van der Waals surface area contributed by atoms with Gasteiger partial charge in [-0.3, -0.25) is 14.4 Å². The molecule has 1 aromatic heterocycles. The summed E-state index contributed by atoms with van der Waals surface area (Å²) >= 11 is 1.27. The van der Waals surface area contributed by atoms with Gasteiger partial charge in [-0.2, -0.15) is 11.8 Å². The van der Waals surface area contributed by atoms with Gasteiger partial charge in [0.05, 0.1) is 18.8 Å². The summed E-state index contributed by atoms with van der Waals surface area (Å²) in [5, 5.41) is 49.7. The molecule has 1 aliphatic rings. The van der Waals surface area contributed by atoms with Gasteiger partial charge < -0.3 is 45.7 Å². The van der Waals surface area contributed by atoms with Gasteiger partial charge in [0.25, 0.3) is 0 Å². The SMILES string of the molecule is CCCCCCC(=O)OC[C@H](CSC[C@@H](N)C(=O)Nc1cn(C2OC(CO)C(O)C(O)C2O)nn1)OC(=O)CCCCCC. The van der Waals surface area contributed by atoms with Gasteiger partial charge in [0.15, 0.2) is 12.0 Å². The second-order valence-corrected chi connectivity index (χ2v) is 11.9. The molecule has 1 saturated heterocycles. The molecule has 16 heteroatoms. The van der Waals surface area contributed by atoms with Crippen molar-refractivity contribution >= 4 is 35.4 Å². The van der Waals surface area contributed by atoms with Crippen LogP contribution in [0.1, 0.15) is 84.3 Å². The number of anilines is 1. The van der Waals surface area contributed by atoms with Crippen molar-refractivity contribution in [2.75, 3.05) is 30.0 Å². The van der Waals surface area contributed by atoms with Crippen molar-refractivity contribution in [3.05, 3.63) is 6.20 Å². The quantitative estimate of drug-likeness (QED) is 0.0795.